The number of thiophene rings is 2. The molecule has 0 nitrogen and oxygen atoms in total. The number of hydrogen-bond acceptors (Lipinski definition) is 2. The first-order chi connectivity index (χ1) is 29.7. The molecule has 2 heteroatoms. The topological polar surface area (TPSA) is 0 Å². The van der Waals surface area contributed by atoms with Gasteiger partial charge in [0.05, 0.1) is 0 Å². The maximum atomic E-state index is 2.51. The normalized spacial score (nSPS) is 12.5. The van der Waals surface area contributed by atoms with Crippen molar-refractivity contribution in [2.24, 2.45) is 0 Å². The van der Waals surface area contributed by atoms with Crippen molar-refractivity contribution in [2.45, 2.75) is 168 Å². The van der Waals surface area contributed by atoms with Crippen LogP contribution < -0.4 is 0 Å². The third-order valence-electron chi connectivity index (χ3n) is 13.6. The SMILES string of the molecule is CCCCCCCCCCCCc1ccc2c(c1)Cc1ccc(-c3ccc(-c4ccc(-c5ccc6c(c5)-c5ccc(CCCCCCCCCCCC)cc5C6)s4)s3)cc1-2. The lowest BCUT2D eigenvalue weighted by Gasteiger charge is -2.07. The van der Waals surface area contributed by atoms with Crippen LogP contribution in [0.15, 0.2) is 97.1 Å². The second-order valence-electron chi connectivity index (χ2n) is 18.3. The quantitative estimate of drug-likeness (QED) is 0.0503. The zero-order valence-electron chi connectivity index (χ0n) is 37.0. The van der Waals surface area contributed by atoms with E-state index < -0.39 is 0 Å². The van der Waals surface area contributed by atoms with Crippen molar-refractivity contribution in [3.8, 4) is 52.9 Å². The predicted molar refractivity (Wildman–Crippen MR) is 266 cm³/mol. The first kappa shape index (κ1) is 42.9. The van der Waals surface area contributed by atoms with E-state index in [0.717, 1.165) is 12.8 Å². The molecule has 60 heavy (non-hydrogen) atoms. The van der Waals surface area contributed by atoms with Crippen LogP contribution in [0.1, 0.15) is 176 Å². The van der Waals surface area contributed by atoms with Crippen molar-refractivity contribution >= 4 is 22.7 Å². The molecule has 0 N–H and O–H groups in total. The largest absolute Gasteiger partial charge is 0.134 e. The van der Waals surface area contributed by atoms with Crippen LogP contribution in [-0.4, -0.2) is 0 Å². The smallest absolute Gasteiger partial charge is 0.0449 e. The van der Waals surface area contributed by atoms with Gasteiger partial charge in [-0.15, -0.1) is 22.7 Å². The van der Waals surface area contributed by atoms with Crippen molar-refractivity contribution in [1.82, 2.24) is 0 Å². The number of unbranched alkanes of at least 4 members (excludes halogenated alkanes) is 18. The third kappa shape index (κ3) is 11.0. The molecular formula is C58H70S2. The number of rotatable bonds is 25. The lowest BCUT2D eigenvalue weighted by Crippen LogP contribution is -1.89. The molecule has 314 valence electrons. The van der Waals surface area contributed by atoms with E-state index in [1.807, 2.05) is 22.7 Å². The van der Waals surface area contributed by atoms with Crippen LogP contribution in [0.2, 0.25) is 0 Å². The Morgan fingerprint density at radius 3 is 1.08 bits per heavy atom. The summed E-state index contributed by atoms with van der Waals surface area (Å²) in [6, 6.07) is 38.4. The Hall–Kier alpha value is -3.72. The summed E-state index contributed by atoms with van der Waals surface area (Å²) in [5.41, 5.74) is 17.5. The highest BCUT2D eigenvalue weighted by Gasteiger charge is 2.22. The Bertz CT molecular complexity index is 2120. The van der Waals surface area contributed by atoms with Crippen LogP contribution in [-0.2, 0) is 25.7 Å². The van der Waals surface area contributed by atoms with E-state index in [0.29, 0.717) is 0 Å². The van der Waals surface area contributed by atoms with Gasteiger partial charge in [0.1, 0.15) is 0 Å². The van der Waals surface area contributed by atoms with E-state index in [4.69, 9.17) is 0 Å². The van der Waals surface area contributed by atoms with Gasteiger partial charge in [-0.1, -0.05) is 190 Å². The lowest BCUT2D eigenvalue weighted by atomic mass is 9.99. The fourth-order valence-electron chi connectivity index (χ4n) is 9.99. The van der Waals surface area contributed by atoms with E-state index >= 15 is 0 Å². The number of aryl methyl sites for hydroxylation is 2. The molecule has 2 heterocycles. The third-order valence-corrected chi connectivity index (χ3v) is 16.0. The van der Waals surface area contributed by atoms with Crippen LogP contribution in [0.25, 0.3) is 52.9 Å². The Kier molecular flexibility index (Phi) is 15.7. The Labute approximate surface area is 371 Å². The van der Waals surface area contributed by atoms with Crippen molar-refractivity contribution in [2.75, 3.05) is 0 Å². The fourth-order valence-corrected chi connectivity index (χ4v) is 12.1. The van der Waals surface area contributed by atoms with Gasteiger partial charge in [0, 0.05) is 19.5 Å². The van der Waals surface area contributed by atoms with Crippen LogP contribution in [0.3, 0.4) is 0 Å². The summed E-state index contributed by atoms with van der Waals surface area (Å²) in [5.74, 6) is 0. The maximum Gasteiger partial charge on any atom is 0.0449 e. The lowest BCUT2D eigenvalue weighted by molar-refractivity contribution is 0.556. The molecule has 0 atom stereocenters. The maximum absolute atomic E-state index is 2.51. The minimum atomic E-state index is 1.07. The Morgan fingerprint density at radius 1 is 0.317 bits per heavy atom. The average molecular weight is 831 g/mol. The highest BCUT2D eigenvalue weighted by atomic mass is 32.1. The summed E-state index contributed by atoms with van der Waals surface area (Å²) in [5, 5.41) is 0. The van der Waals surface area contributed by atoms with Crippen LogP contribution in [0.4, 0.5) is 0 Å². The molecule has 2 aliphatic rings. The van der Waals surface area contributed by atoms with Crippen LogP contribution in [0.5, 0.6) is 0 Å². The van der Waals surface area contributed by atoms with E-state index in [-0.39, 0.29) is 0 Å². The molecule has 6 aromatic rings. The first-order valence-electron chi connectivity index (χ1n) is 24.4. The molecule has 0 fully saturated rings. The second-order valence-corrected chi connectivity index (χ2v) is 20.4. The van der Waals surface area contributed by atoms with Crippen molar-refractivity contribution in [3.63, 3.8) is 0 Å². The zero-order chi connectivity index (χ0) is 40.9. The number of benzene rings is 4. The number of hydrogen-bond donors (Lipinski definition) is 0. The second kappa shape index (κ2) is 21.9. The van der Waals surface area contributed by atoms with Gasteiger partial charge in [-0.25, -0.2) is 0 Å². The number of fused-ring (bicyclic) bond motifs is 6. The van der Waals surface area contributed by atoms with Gasteiger partial charge in [0.2, 0.25) is 0 Å². The Balaban J connectivity index is 0.834. The summed E-state index contributed by atoms with van der Waals surface area (Å²) >= 11 is 3.87. The van der Waals surface area contributed by atoms with Gasteiger partial charge in [-0.3, -0.25) is 0 Å². The van der Waals surface area contributed by atoms with Gasteiger partial charge in [0.15, 0.2) is 0 Å². The molecule has 2 aliphatic carbocycles. The molecule has 0 radical (unpaired) electrons. The van der Waals surface area contributed by atoms with Gasteiger partial charge in [-0.05, 0) is 142 Å². The summed E-state index contributed by atoms with van der Waals surface area (Å²) in [6.07, 6.45) is 32.5. The first-order valence-corrected chi connectivity index (χ1v) is 26.0. The molecule has 4 aromatic carbocycles. The average Bonchev–Trinajstić information content (AvgIpc) is 4.09. The van der Waals surface area contributed by atoms with E-state index in [1.165, 1.54) is 228 Å². The fraction of sp³-hybridized carbons (Fsp3) is 0.448. The molecular weight excluding hydrogens is 761 g/mol. The van der Waals surface area contributed by atoms with Crippen molar-refractivity contribution in [1.29, 1.82) is 0 Å². The molecule has 0 spiro atoms. The monoisotopic (exact) mass is 830 g/mol. The minimum absolute atomic E-state index is 1.07. The van der Waals surface area contributed by atoms with Crippen molar-refractivity contribution < 1.29 is 0 Å². The molecule has 0 amide bonds. The molecule has 0 saturated heterocycles. The van der Waals surface area contributed by atoms with Gasteiger partial charge in [0.25, 0.3) is 0 Å². The summed E-state index contributed by atoms with van der Waals surface area (Å²) < 4.78 is 0. The zero-order valence-corrected chi connectivity index (χ0v) is 38.7. The Morgan fingerprint density at radius 2 is 0.683 bits per heavy atom. The van der Waals surface area contributed by atoms with Crippen LogP contribution >= 0.6 is 22.7 Å². The predicted octanol–water partition coefficient (Wildman–Crippen LogP) is 18.9. The highest BCUT2D eigenvalue weighted by molar-refractivity contribution is 7.25. The van der Waals surface area contributed by atoms with E-state index in [9.17, 15) is 0 Å². The van der Waals surface area contributed by atoms with E-state index in [2.05, 4.69) is 111 Å². The molecule has 0 aliphatic heterocycles. The molecule has 8 rings (SSSR count). The molecule has 0 saturated carbocycles. The molecule has 0 bridgehead atoms. The molecule has 2 aromatic heterocycles. The van der Waals surface area contributed by atoms with Gasteiger partial charge >= 0.3 is 0 Å². The van der Waals surface area contributed by atoms with Crippen molar-refractivity contribution in [3.05, 3.63) is 130 Å². The highest BCUT2D eigenvalue weighted by Crippen LogP contribution is 2.45. The summed E-state index contributed by atoms with van der Waals surface area (Å²) in [4.78, 5) is 5.44. The van der Waals surface area contributed by atoms with Gasteiger partial charge < -0.3 is 0 Å². The van der Waals surface area contributed by atoms with Crippen LogP contribution in [0, 0.1) is 0 Å². The summed E-state index contributed by atoms with van der Waals surface area (Å²) in [7, 11) is 0. The molecule has 0 unspecified atom stereocenters. The standard InChI is InChI=1S/C58H70S2/c1-3-5-7-9-11-13-15-17-19-21-23-43-25-31-51-49(37-43)39-45-27-29-47(41-53(45)51)55-33-35-57(59-55)58-36-34-56(60-58)48-30-28-46-40-50-38-44(26-32-52(50)54(46)42-48)24-22-20-18-16-14-12-10-8-6-4-2/h25-38,41-42H,3-24,39-40H2,1-2H3. The summed E-state index contributed by atoms with van der Waals surface area (Å²) in [6.45, 7) is 4.61. The van der Waals surface area contributed by atoms with Gasteiger partial charge in [-0.2, -0.15) is 0 Å². The van der Waals surface area contributed by atoms with E-state index in [1.54, 1.807) is 0 Å². The minimum Gasteiger partial charge on any atom is -0.134 e.